The molecular weight excluding hydrogens is 498 g/mol. The van der Waals surface area contributed by atoms with Crippen LogP contribution in [0.5, 0.6) is 0 Å². The van der Waals surface area contributed by atoms with Crippen LogP contribution in [0.2, 0.25) is 10.0 Å². The second kappa shape index (κ2) is 8.58. The molecule has 1 aromatic heterocycles. The maximum Gasteiger partial charge on any atom is 0.269 e. The minimum atomic E-state index is -4.42. The van der Waals surface area contributed by atoms with E-state index in [1.807, 2.05) is 0 Å². The van der Waals surface area contributed by atoms with Gasteiger partial charge >= 0.3 is 0 Å². The van der Waals surface area contributed by atoms with Crippen LogP contribution < -0.4 is 9.86 Å². The van der Waals surface area contributed by atoms with E-state index in [9.17, 15) is 17.6 Å². The number of nitrogens with zero attached hydrogens (tertiary/aromatic N) is 2. The smallest absolute Gasteiger partial charge is 0.269 e. The third-order valence-electron chi connectivity index (χ3n) is 5.82. The van der Waals surface area contributed by atoms with E-state index in [-0.39, 0.29) is 11.4 Å². The summed E-state index contributed by atoms with van der Waals surface area (Å²) < 4.78 is 45.1. The van der Waals surface area contributed by atoms with Crippen LogP contribution in [0.4, 0.5) is 10.2 Å². The lowest BCUT2D eigenvalue weighted by Crippen LogP contribution is -2.34. The first-order valence-electron chi connectivity index (χ1n) is 10.3. The highest BCUT2D eigenvalue weighted by Gasteiger charge is 2.47. The van der Waals surface area contributed by atoms with Crippen LogP contribution in [0.15, 0.2) is 101 Å². The number of halogens is 3. The van der Waals surface area contributed by atoms with Crippen LogP contribution in [0.1, 0.15) is 23.2 Å². The minimum absolute atomic E-state index is 0.135. The van der Waals surface area contributed by atoms with E-state index in [1.165, 1.54) is 34.9 Å². The van der Waals surface area contributed by atoms with Crippen LogP contribution in [-0.4, -0.2) is 13.0 Å². The molecule has 2 heterocycles. The number of sulfonamides is 1. The Labute approximate surface area is 205 Å². The SMILES string of the molecule is O=c1cccc2n1[C@@H](c1ccc(Cl)cc1)[C@@H](c1ccc(Cl)cc1)N2S(=O)(=O)c1ccccc1F. The monoisotopic (exact) mass is 514 g/mol. The van der Waals surface area contributed by atoms with Crippen molar-refractivity contribution >= 4 is 39.0 Å². The molecule has 1 aliphatic rings. The van der Waals surface area contributed by atoms with Crippen molar-refractivity contribution in [1.82, 2.24) is 4.57 Å². The molecule has 0 radical (unpaired) electrons. The van der Waals surface area contributed by atoms with Crippen molar-refractivity contribution in [2.75, 3.05) is 4.31 Å². The lowest BCUT2D eigenvalue weighted by atomic mass is 9.94. The molecule has 9 heteroatoms. The number of rotatable bonds is 4. The Morgan fingerprint density at radius 2 is 1.26 bits per heavy atom. The van der Waals surface area contributed by atoms with Crippen LogP contribution in [-0.2, 0) is 10.0 Å². The summed E-state index contributed by atoms with van der Waals surface area (Å²) in [5.41, 5.74) is 0.875. The molecule has 5 rings (SSSR count). The summed E-state index contributed by atoms with van der Waals surface area (Å²) in [6.07, 6.45) is 0. The number of aromatic nitrogens is 1. The summed E-state index contributed by atoms with van der Waals surface area (Å²) in [5, 5.41) is 0.976. The first-order valence-corrected chi connectivity index (χ1v) is 12.5. The summed E-state index contributed by atoms with van der Waals surface area (Å²) in [4.78, 5) is 12.6. The average Bonchev–Trinajstić information content (AvgIpc) is 3.17. The van der Waals surface area contributed by atoms with Gasteiger partial charge in [-0.25, -0.2) is 17.1 Å². The van der Waals surface area contributed by atoms with Gasteiger partial charge in [-0.2, -0.15) is 0 Å². The zero-order valence-corrected chi connectivity index (χ0v) is 19.8. The van der Waals surface area contributed by atoms with Crippen LogP contribution in [0.3, 0.4) is 0 Å². The second-order valence-electron chi connectivity index (χ2n) is 7.82. The fourth-order valence-electron chi connectivity index (χ4n) is 4.36. The van der Waals surface area contributed by atoms with Crippen molar-refractivity contribution in [2.45, 2.75) is 17.0 Å². The first kappa shape index (κ1) is 22.7. The number of pyridine rings is 1. The van der Waals surface area contributed by atoms with Gasteiger partial charge in [0.1, 0.15) is 16.5 Å². The molecule has 3 aromatic carbocycles. The van der Waals surface area contributed by atoms with Crippen molar-refractivity contribution in [3.63, 3.8) is 0 Å². The Hall–Kier alpha value is -3.13. The summed E-state index contributed by atoms with van der Waals surface area (Å²) in [7, 11) is -4.42. The largest absolute Gasteiger partial charge is 0.284 e. The standard InChI is InChI=1S/C25H17Cl2FN2O3S/c26-18-12-8-16(9-13-18)24-25(17-10-14-19(27)15-11-17)30(22-6-3-7-23(31)29(22)24)34(32,33)21-5-2-1-4-20(21)28/h1-15,24-25H/t24-,25+/m0/s1. The predicted molar refractivity (Wildman–Crippen MR) is 131 cm³/mol. The molecule has 0 aliphatic carbocycles. The number of hydrogen-bond acceptors (Lipinski definition) is 3. The average molecular weight is 515 g/mol. The maximum absolute atomic E-state index is 14.7. The van der Waals surface area contributed by atoms with Gasteiger partial charge in [0.05, 0.1) is 12.1 Å². The summed E-state index contributed by atoms with van der Waals surface area (Å²) in [5.74, 6) is -0.743. The Morgan fingerprint density at radius 3 is 1.85 bits per heavy atom. The van der Waals surface area contributed by atoms with E-state index in [0.717, 1.165) is 10.4 Å². The Kier molecular flexibility index (Phi) is 5.72. The zero-order chi connectivity index (χ0) is 24.0. The van der Waals surface area contributed by atoms with Gasteiger partial charge in [-0.15, -0.1) is 0 Å². The predicted octanol–water partition coefficient (Wildman–Crippen LogP) is 5.83. The number of benzene rings is 3. The Morgan fingerprint density at radius 1 is 0.706 bits per heavy atom. The highest BCUT2D eigenvalue weighted by molar-refractivity contribution is 7.92. The number of fused-ring (bicyclic) bond motifs is 1. The third kappa shape index (κ3) is 3.70. The zero-order valence-electron chi connectivity index (χ0n) is 17.5. The van der Waals surface area contributed by atoms with Gasteiger partial charge in [0.15, 0.2) is 0 Å². The van der Waals surface area contributed by atoms with Gasteiger partial charge < -0.3 is 0 Å². The molecule has 1 aliphatic heterocycles. The molecule has 0 unspecified atom stereocenters. The van der Waals surface area contributed by atoms with Gasteiger partial charge in [0.25, 0.3) is 15.6 Å². The summed E-state index contributed by atoms with van der Waals surface area (Å²) in [6, 6.07) is 21.5. The van der Waals surface area contributed by atoms with Crippen molar-refractivity contribution < 1.29 is 12.8 Å². The van der Waals surface area contributed by atoms with Crippen molar-refractivity contribution in [1.29, 1.82) is 0 Å². The highest BCUT2D eigenvalue weighted by Crippen LogP contribution is 2.49. The Bertz CT molecular complexity index is 1540. The molecule has 2 atom stereocenters. The van der Waals surface area contributed by atoms with E-state index >= 15 is 0 Å². The fourth-order valence-corrected chi connectivity index (χ4v) is 6.32. The van der Waals surface area contributed by atoms with Crippen molar-refractivity contribution in [3.8, 4) is 0 Å². The molecule has 0 saturated carbocycles. The van der Waals surface area contributed by atoms with Gasteiger partial charge in [0.2, 0.25) is 0 Å². The highest BCUT2D eigenvalue weighted by atomic mass is 35.5. The topological polar surface area (TPSA) is 59.4 Å². The lowest BCUT2D eigenvalue weighted by Gasteiger charge is -2.29. The van der Waals surface area contributed by atoms with E-state index in [1.54, 1.807) is 54.6 Å². The molecule has 0 amide bonds. The summed E-state index contributed by atoms with van der Waals surface area (Å²) in [6.45, 7) is 0. The normalized spacial score (nSPS) is 17.6. The molecular formula is C25H17Cl2FN2O3S. The molecule has 5 nitrogen and oxygen atoms in total. The van der Waals surface area contributed by atoms with E-state index in [4.69, 9.17) is 23.2 Å². The molecule has 0 bridgehead atoms. The minimum Gasteiger partial charge on any atom is -0.284 e. The number of hydrogen-bond donors (Lipinski definition) is 0. The molecule has 0 spiro atoms. The second-order valence-corrected chi connectivity index (χ2v) is 10.5. The van der Waals surface area contributed by atoms with E-state index in [2.05, 4.69) is 0 Å². The Balaban J connectivity index is 1.83. The van der Waals surface area contributed by atoms with Crippen LogP contribution >= 0.6 is 23.2 Å². The summed E-state index contributed by atoms with van der Waals surface area (Å²) >= 11 is 12.2. The molecule has 4 aromatic rings. The third-order valence-corrected chi connectivity index (χ3v) is 8.14. The van der Waals surface area contributed by atoms with Crippen molar-refractivity contribution in [3.05, 3.63) is 128 Å². The van der Waals surface area contributed by atoms with Gasteiger partial charge in [-0.05, 0) is 53.6 Å². The number of anilines is 1. The maximum atomic E-state index is 14.7. The van der Waals surface area contributed by atoms with E-state index in [0.29, 0.717) is 21.2 Å². The quantitative estimate of drug-likeness (QED) is 0.344. The van der Waals surface area contributed by atoms with Gasteiger partial charge in [-0.1, -0.05) is 65.7 Å². The lowest BCUT2D eigenvalue weighted by molar-refractivity contribution is 0.525. The first-order chi connectivity index (χ1) is 16.3. The fraction of sp³-hybridized carbons (Fsp3) is 0.0800. The molecule has 0 fully saturated rings. The molecule has 0 saturated heterocycles. The van der Waals surface area contributed by atoms with Crippen molar-refractivity contribution in [2.24, 2.45) is 0 Å². The van der Waals surface area contributed by atoms with Crippen LogP contribution in [0, 0.1) is 5.82 Å². The van der Waals surface area contributed by atoms with Gasteiger partial charge in [0, 0.05) is 16.1 Å². The van der Waals surface area contributed by atoms with Crippen LogP contribution in [0.25, 0.3) is 0 Å². The molecule has 0 N–H and O–H groups in total. The molecule has 34 heavy (non-hydrogen) atoms. The van der Waals surface area contributed by atoms with Gasteiger partial charge in [-0.3, -0.25) is 9.36 Å². The van der Waals surface area contributed by atoms with E-state index < -0.39 is 32.8 Å². The molecule has 172 valence electrons.